The van der Waals surface area contributed by atoms with Gasteiger partial charge < -0.3 is 15.0 Å². The Balaban J connectivity index is 2.06. The highest BCUT2D eigenvalue weighted by Crippen LogP contribution is 2.34. The summed E-state index contributed by atoms with van der Waals surface area (Å²) in [6.07, 6.45) is 1.16. The molecule has 2 heterocycles. The third kappa shape index (κ3) is 1.55. The molecule has 86 valence electrons. The molecule has 2 aliphatic rings. The molecule has 2 aliphatic heterocycles. The zero-order valence-electron chi connectivity index (χ0n) is 9.70. The number of fused-ring (bicyclic) bond motifs is 3. The van der Waals surface area contributed by atoms with Crippen LogP contribution >= 0.6 is 0 Å². The first-order valence-corrected chi connectivity index (χ1v) is 6.04. The maximum Gasteiger partial charge on any atom is 0.0671 e. The molecule has 1 atom stereocenters. The van der Waals surface area contributed by atoms with Crippen molar-refractivity contribution in [3.8, 4) is 0 Å². The van der Waals surface area contributed by atoms with Crippen LogP contribution in [0.1, 0.15) is 12.0 Å². The molecule has 0 radical (unpaired) electrons. The highest BCUT2D eigenvalue weighted by molar-refractivity contribution is 5.75. The fourth-order valence-electron chi connectivity index (χ4n) is 2.74. The Bertz CT molecular complexity index is 392. The number of morpholine rings is 1. The van der Waals surface area contributed by atoms with Gasteiger partial charge in [-0.1, -0.05) is 12.1 Å². The van der Waals surface area contributed by atoms with Gasteiger partial charge in [0.1, 0.15) is 0 Å². The number of rotatable bonds is 0. The minimum Gasteiger partial charge on any atom is -0.383 e. The lowest BCUT2D eigenvalue weighted by Gasteiger charge is -2.37. The largest absolute Gasteiger partial charge is 0.383 e. The Hall–Kier alpha value is -1.22. The quantitative estimate of drug-likeness (QED) is 0.721. The van der Waals surface area contributed by atoms with E-state index in [4.69, 9.17) is 4.74 Å². The second kappa shape index (κ2) is 3.98. The fourth-order valence-corrected chi connectivity index (χ4v) is 2.74. The molecule has 1 fully saturated rings. The van der Waals surface area contributed by atoms with Crippen LogP contribution in [-0.2, 0) is 4.74 Å². The summed E-state index contributed by atoms with van der Waals surface area (Å²) in [5.74, 6) is 0. The smallest absolute Gasteiger partial charge is 0.0671 e. The van der Waals surface area contributed by atoms with Gasteiger partial charge in [-0.05, 0) is 25.0 Å². The van der Waals surface area contributed by atoms with Gasteiger partial charge in [0.15, 0.2) is 0 Å². The van der Waals surface area contributed by atoms with E-state index >= 15 is 0 Å². The van der Waals surface area contributed by atoms with Gasteiger partial charge in [0, 0.05) is 13.1 Å². The maximum atomic E-state index is 5.58. The van der Waals surface area contributed by atoms with Gasteiger partial charge in [-0.2, -0.15) is 0 Å². The Morgan fingerprint density at radius 3 is 3.31 bits per heavy atom. The highest BCUT2D eigenvalue weighted by Gasteiger charge is 2.27. The van der Waals surface area contributed by atoms with E-state index in [2.05, 4.69) is 35.3 Å². The molecule has 0 spiro atoms. The molecule has 1 unspecified atom stereocenters. The van der Waals surface area contributed by atoms with Gasteiger partial charge in [-0.25, -0.2) is 0 Å². The summed E-state index contributed by atoms with van der Waals surface area (Å²) in [6.45, 7) is 5.98. The Labute approximate surface area is 96.4 Å². The Morgan fingerprint density at radius 2 is 2.38 bits per heavy atom. The summed E-state index contributed by atoms with van der Waals surface area (Å²) >= 11 is 0. The number of nitrogens with zero attached hydrogens (tertiary/aromatic N) is 1. The van der Waals surface area contributed by atoms with Crippen molar-refractivity contribution in [1.29, 1.82) is 0 Å². The van der Waals surface area contributed by atoms with Crippen molar-refractivity contribution in [2.45, 2.75) is 19.4 Å². The van der Waals surface area contributed by atoms with E-state index in [0.29, 0.717) is 6.04 Å². The summed E-state index contributed by atoms with van der Waals surface area (Å²) in [7, 11) is 0. The van der Waals surface area contributed by atoms with Crippen LogP contribution in [0.2, 0.25) is 0 Å². The number of aryl methyl sites for hydroxylation is 1. The van der Waals surface area contributed by atoms with Gasteiger partial charge in [-0.3, -0.25) is 0 Å². The van der Waals surface area contributed by atoms with E-state index in [-0.39, 0.29) is 0 Å². The molecule has 0 saturated carbocycles. The third-order valence-corrected chi connectivity index (χ3v) is 3.55. The fraction of sp³-hybridized carbons (Fsp3) is 0.538. The van der Waals surface area contributed by atoms with E-state index in [0.717, 1.165) is 32.7 Å². The number of hydrogen-bond acceptors (Lipinski definition) is 3. The molecule has 0 amide bonds. The summed E-state index contributed by atoms with van der Waals surface area (Å²) < 4.78 is 5.58. The van der Waals surface area contributed by atoms with E-state index in [9.17, 15) is 0 Å². The molecular formula is C13H18N2O. The van der Waals surface area contributed by atoms with Gasteiger partial charge >= 0.3 is 0 Å². The molecule has 1 saturated heterocycles. The van der Waals surface area contributed by atoms with Crippen molar-refractivity contribution in [3.05, 3.63) is 23.8 Å². The van der Waals surface area contributed by atoms with Crippen LogP contribution < -0.4 is 10.2 Å². The van der Waals surface area contributed by atoms with Crippen LogP contribution in [0.15, 0.2) is 18.2 Å². The highest BCUT2D eigenvalue weighted by atomic mass is 16.5. The zero-order valence-corrected chi connectivity index (χ0v) is 9.70. The maximum absolute atomic E-state index is 5.58. The molecular weight excluding hydrogens is 200 g/mol. The van der Waals surface area contributed by atoms with Crippen LogP contribution in [0.5, 0.6) is 0 Å². The average Bonchev–Trinajstić information content (AvgIpc) is 2.49. The number of para-hydroxylation sites is 1. The first-order valence-electron chi connectivity index (χ1n) is 6.04. The molecule has 1 aromatic rings. The first-order chi connectivity index (χ1) is 7.86. The molecule has 3 rings (SSSR count). The van der Waals surface area contributed by atoms with Crippen molar-refractivity contribution >= 4 is 11.4 Å². The van der Waals surface area contributed by atoms with Gasteiger partial charge in [0.2, 0.25) is 0 Å². The topological polar surface area (TPSA) is 24.5 Å². The number of ether oxygens (including phenoxy) is 1. The van der Waals surface area contributed by atoms with E-state index in [1.807, 2.05) is 0 Å². The Morgan fingerprint density at radius 1 is 1.44 bits per heavy atom. The van der Waals surface area contributed by atoms with Gasteiger partial charge in [-0.15, -0.1) is 0 Å². The number of benzene rings is 1. The van der Waals surface area contributed by atoms with Crippen molar-refractivity contribution in [1.82, 2.24) is 0 Å². The summed E-state index contributed by atoms with van der Waals surface area (Å²) in [5.41, 5.74) is 4.02. The summed E-state index contributed by atoms with van der Waals surface area (Å²) in [4.78, 5) is 2.52. The van der Waals surface area contributed by atoms with Gasteiger partial charge in [0.25, 0.3) is 0 Å². The van der Waals surface area contributed by atoms with E-state index in [1.165, 1.54) is 16.9 Å². The molecule has 0 aliphatic carbocycles. The van der Waals surface area contributed by atoms with E-state index < -0.39 is 0 Å². The molecule has 0 aromatic heterocycles. The number of nitrogens with one attached hydrogen (secondary N) is 1. The van der Waals surface area contributed by atoms with E-state index in [1.54, 1.807) is 0 Å². The normalized spacial score (nSPS) is 24.1. The van der Waals surface area contributed by atoms with Crippen LogP contribution in [0.3, 0.4) is 0 Å². The lowest BCUT2D eigenvalue weighted by Crippen LogP contribution is -2.45. The van der Waals surface area contributed by atoms with Crippen LogP contribution in [0.25, 0.3) is 0 Å². The second-order valence-electron chi connectivity index (χ2n) is 4.61. The number of anilines is 2. The van der Waals surface area contributed by atoms with Crippen LogP contribution in [-0.4, -0.2) is 32.3 Å². The minimum absolute atomic E-state index is 0.545. The number of hydrogen-bond donors (Lipinski definition) is 1. The SMILES string of the molecule is Cc1cccc2c1N1CCOCC1CCN2. The molecule has 3 heteroatoms. The van der Waals surface area contributed by atoms with Crippen molar-refractivity contribution in [3.63, 3.8) is 0 Å². The Kier molecular flexibility index (Phi) is 2.48. The zero-order chi connectivity index (χ0) is 11.0. The van der Waals surface area contributed by atoms with Crippen LogP contribution in [0.4, 0.5) is 11.4 Å². The summed E-state index contributed by atoms with van der Waals surface area (Å²) in [5, 5.41) is 3.53. The van der Waals surface area contributed by atoms with Crippen molar-refractivity contribution in [2.24, 2.45) is 0 Å². The average molecular weight is 218 g/mol. The van der Waals surface area contributed by atoms with Crippen molar-refractivity contribution < 1.29 is 4.74 Å². The standard InChI is InChI=1S/C13H18N2O/c1-10-3-2-4-12-13(10)15-7-8-16-9-11(15)5-6-14-12/h2-4,11,14H,5-9H2,1H3. The third-order valence-electron chi connectivity index (χ3n) is 3.55. The van der Waals surface area contributed by atoms with Crippen LogP contribution in [0, 0.1) is 6.92 Å². The minimum atomic E-state index is 0.545. The molecule has 0 bridgehead atoms. The molecule has 1 aromatic carbocycles. The van der Waals surface area contributed by atoms with Gasteiger partial charge in [0.05, 0.1) is 30.6 Å². The summed E-state index contributed by atoms with van der Waals surface area (Å²) in [6, 6.07) is 7.05. The van der Waals surface area contributed by atoms with Crippen molar-refractivity contribution in [2.75, 3.05) is 36.5 Å². The lowest BCUT2D eigenvalue weighted by molar-refractivity contribution is 0.0931. The lowest BCUT2D eigenvalue weighted by atomic mass is 10.1. The predicted molar refractivity (Wildman–Crippen MR) is 66.2 cm³/mol. The first kappa shape index (κ1) is 9.97. The molecule has 16 heavy (non-hydrogen) atoms. The monoisotopic (exact) mass is 218 g/mol. The predicted octanol–water partition coefficient (Wildman–Crippen LogP) is 2.02. The second-order valence-corrected chi connectivity index (χ2v) is 4.61. The molecule has 3 nitrogen and oxygen atoms in total. The molecule has 1 N–H and O–H groups in total.